The van der Waals surface area contributed by atoms with Gasteiger partial charge >= 0.3 is 5.97 Å². The number of carbonyl (C=O) groups is 2. The molecule has 9 heteroatoms. The number of rotatable bonds is 12. The second-order valence-corrected chi connectivity index (χ2v) is 18.6. The number of benzene rings is 5. The van der Waals surface area contributed by atoms with Gasteiger partial charge in [0.2, 0.25) is 5.91 Å². The summed E-state index contributed by atoms with van der Waals surface area (Å²) in [6.07, 6.45) is 5.38. The fourth-order valence-corrected chi connectivity index (χ4v) is 9.00. The Balaban J connectivity index is 1.08. The number of piperazine rings is 1. The molecular weight excluding hydrogens is 814 g/mol. The van der Waals surface area contributed by atoms with Gasteiger partial charge in [-0.05, 0) is 113 Å². The van der Waals surface area contributed by atoms with Crippen molar-refractivity contribution in [1.82, 2.24) is 19.7 Å². The normalized spacial score (nSPS) is 13.8. The zero-order valence-electron chi connectivity index (χ0n) is 37.6. The molecule has 0 radical (unpaired) electrons. The summed E-state index contributed by atoms with van der Waals surface area (Å²) in [5.41, 5.74) is 12.8. The highest BCUT2D eigenvalue weighted by Gasteiger charge is 2.26. The Morgan fingerprint density at radius 2 is 1.42 bits per heavy atom. The first-order valence-corrected chi connectivity index (χ1v) is 22.5. The first kappa shape index (κ1) is 44.1. The molecule has 0 bridgehead atoms. The summed E-state index contributed by atoms with van der Waals surface area (Å²) in [5, 5.41) is 16.8. The van der Waals surface area contributed by atoms with Gasteiger partial charge in [-0.15, -0.1) is 0 Å². The van der Waals surface area contributed by atoms with Crippen molar-refractivity contribution < 1.29 is 14.7 Å². The van der Waals surface area contributed by atoms with E-state index < -0.39 is 5.97 Å². The maximum atomic E-state index is 13.8. The molecule has 64 heavy (non-hydrogen) atoms. The molecule has 1 fully saturated rings. The lowest BCUT2D eigenvalue weighted by molar-refractivity contribution is -0.130. The Bertz CT molecular complexity index is 2810. The molecule has 5 aromatic carbocycles. The highest BCUT2D eigenvalue weighted by molar-refractivity contribution is 6.32. The van der Waals surface area contributed by atoms with E-state index in [1.54, 1.807) is 6.07 Å². The molecule has 1 unspecified atom stereocenters. The van der Waals surface area contributed by atoms with Crippen molar-refractivity contribution in [3.05, 3.63) is 193 Å². The number of fused-ring (bicyclic) bond motifs is 1. The van der Waals surface area contributed by atoms with Crippen LogP contribution in [0.25, 0.3) is 23.2 Å². The Kier molecular flexibility index (Phi) is 12.9. The van der Waals surface area contributed by atoms with Gasteiger partial charge in [0.15, 0.2) is 5.65 Å². The number of pyridine rings is 1. The molecular formula is C55H56ClN5O3. The fraction of sp³-hybridized carbons (Fsp3) is 0.273. The molecule has 0 aliphatic carbocycles. The van der Waals surface area contributed by atoms with E-state index in [0.717, 1.165) is 63.5 Å². The third-order valence-corrected chi connectivity index (χ3v) is 13.0. The molecule has 8 rings (SSSR count). The van der Waals surface area contributed by atoms with Crippen LogP contribution in [0.4, 0.5) is 5.69 Å². The SMILES string of the molecule is Cc1cc(Cc2ccc(C(Cc3cccc(CC(=O)N4CCN(c5ccc(C(C)(C)C)cc5)CC4)c3)n3nc(C)c4c(C(=O)O)cc(/C=C/c5ccccc5)nc43)cc2)cc(C)c1Cl. The minimum absolute atomic E-state index is 0.103. The van der Waals surface area contributed by atoms with Crippen molar-refractivity contribution in [3.8, 4) is 0 Å². The summed E-state index contributed by atoms with van der Waals surface area (Å²) in [4.78, 5) is 36.0. The molecule has 1 atom stereocenters. The smallest absolute Gasteiger partial charge is 0.336 e. The van der Waals surface area contributed by atoms with Gasteiger partial charge < -0.3 is 14.9 Å². The number of aryl methyl sites for hydroxylation is 3. The number of aromatic nitrogens is 3. The van der Waals surface area contributed by atoms with Gasteiger partial charge in [0.25, 0.3) is 0 Å². The number of hydrogen-bond acceptors (Lipinski definition) is 5. The van der Waals surface area contributed by atoms with Crippen LogP contribution in [0.3, 0.4) is 0 Å². The van der Waals surface area contributed by atoms with Crippen LogP contribution in [-0.4, -0.2) is 62.8 Å². The highest BCUT2D eigenvalue weighted by Crippen LogP contribution is 2.32. The maximum absolute atomic E-state index is 13.8. The van der Waals surface area contributed by atoms with Gasteiger partial charge in [0.05, 0.1) is 34.8 Å². The summed E-state index contributed by atoms with van der Waals surface area (Å²) >= 11 is 6.50. The minimum atomic E-state index is -1.04. The van der Waals surface area contributed by atoms with E-state index in [1.807, 2.05) is 85.0 Å². The standard InChI is InChI=1S/C55H56ClN5O3/c1-36-29-43(30-37(2)52(36)56)31-40-15-18-44(19-16-40)49(61-53-51(38(3)58-61)48(54(63)64)35-46(57-53)22-17-39-11-8-7-9-12-39)33-41-13-10-14-42(32-41)34-50(62)60-27-25-59(26-28-60)47-23-20-45(21-24-47)55(4,5)6/h7-24,29-30,32,35,49H,25-28,31,33-34H2,1-6H3,(H,63,64)/b22-17+. The zero-order valence-corrected chi connectivity index (χ0v) is 38.4. The van der Waals surface area contributed by atoms with Crippen LogP contribution >= 0.6 is 11.6 Å². The van der Waals surface area contributed by atoms with Crippen LogP contribution in [0.5, 0.6) is 0 Å². The number of aromatic carboxylic acids is 1. The molecule has 326 valence electrons. The van der Waals surface area contributed by atoms with Crippen molar-refractivity contribution in [3.63, 3.8) is 0 Å². The molecule has 8 nitrogen and oxygen atoms in total. The van der Waals surface area contributed by atoms with E-state index in [0.29, 0.717) is 48.4 Å². The largest absolute Gasteiger partial charge is 0.478 e. The van der Waals surface area contributed by atoms with Gasteiger partial charge in [-0.1, -0.05) is 142 Å². The molecule has 0 saturated carbocycles. The van der Waals surface area contributed by atoms with Gasteiger partial charge in [-0.25, -0.2) is 14.5 Å². The first-order chi connectivity index (χ1) is 30.7. The molecule has 1 aliphatic heterocycles. The predicted molar refractivity (Wildman–Crippen MR) is 261 cm³/mol. The van der Waals surface area contributed by atoms with Gasteiger partial charge in [0.1, 0.15) is 0 Å². The average Bonchev–Trinajstić information content (AvgIpc) is 3.62. The molecule has 0 spiro atoms. The number of carbonyl (C=O) groups excluding carboxylic acids is 1. The van der Waals surface area contributed by atoms with E-state index in [2.05, 4.69) is 98.5 Å². The Morgan fingerprint density at radius 1 is 0.750 bits per heavy atom. The fourth-order valence-electron chi connectivity index (χ4n) is 8.89. The van der Waals surface area contributed by atoms with Gasteiger partial charge in [-0.3, -0.25) is 4.79 Å². The van der Waals surface area contributed by atoms with Crippen molar-refractivity contribution >= 4 is 52.4 Å². The Labute approximate surface area is 381 Å². The van der Waals surface area contributed by atoms with Gasteiger partial charge in [-0.2, -0.15) is 5.10 Å². The molecule has 3 heterocycles. The number of halogens is 1. The van der Waals surface area contributed by atoms with E-state index in [-0.39, 0.29) is 22.9 Å². The lowest BCUT2D eigenvalue weighted by atomic mass is 9.87. The van der Waals surface area contributed by atoms with E-state index in [9.17, 15) is 14.7 Å². The van der Waals surface area contributed by atoms with Crippen molar-refractivity contribution in [2.24, 2.45) is 0 Å². The molecule has 1 amide bonds. The Hall–Kier alpha value is -6.51. The van der Waals surface area contributed by atoms with Crippen LogP contribution in [0.2, 0.25) is 5.02 Å². The molecule has 7 aromatic rings. The summed E-state index contributed by atoms with van der Waals surface area (Å²) in [7, 11) is 0. The summed E-state index contributed by atoms with van der Waals surface area (Å²) in [6, 6.07) is 41.1. The van der Waals surface area contributed by atoms with Crippen LogP contribution in [-0.2, 0) is 29.5 Å². The van der Waals surface area contributed by atoms with Crippen molar-refractivity contribution in [1.29, 1.82) is 0 Å². The topological polar surface area (TPSA) is 91.6 Å². The number of nitrogens with zero attached hydrogens (tertiary/aromatic N) is 5. The molecule has 1 N–H and O–H groups in total. The van der Waals surface area contributed by atoms with Crippen LogP contribution in [0, 0.1) is 20.8 Å². The van der Waals surface area contributed by atoms with Crippen LogP contribution in [0.15, 0.2) is 121 Å². The van der Waals surface area contributed by atoms with E-state index >= 15 is 0 Å². The lowest BCUT2D eigenvalue weighted by Crippen LogP contribution is -2.49. The van der Waals surface area contributed by atoms with Gasteiger partial charge in [0, 0.05) is 36.9 Å². The number of amides is 1. The number of carboxylic acids is 1. The maximum Gasteiger partial charge on any atom is 0.336 e. The molecule has 2 aromatic heterocycles. The average molecular weight is 871 g/mol. The summed E-state index contributed by atoms with van der Waals surface area (Å²) < 4.78 is 1.89. The summed E-state index contributed by atoms with van der Waals surface area (Å²) in [5.74, 6) is -0.917. The third kappa shape index (κ3) is 9.98. The van der Waals surface area contributed by atoms with E-state index in [4.69, 9.17) is 21.7 Å². The lowest BCUT2D eigenvalue weighted by Gasteiger charge is -2.36. The summed E-state index contributed by atoms with van der Waals surface area (Å²) in [6.45, 7) is 15.5. The van der Waals surface area contributed by atoms with Crippen LogP contribution in [0.1, 0.15) is 98.6 Å². The van der Waals surface area contributed by atoms with Crippen molar-refractivity contribution in [2.45, 2.75) is 72.3 Å². The highest BCUT2D eigenvalue weighted by atomic mass is 35.5. The second kappa shape index (κ2) is 18.7. The predicted octanol–water partition coefficient (Wildman–Crippen LogP) is 11.5. The number of carboxylic acid groups (broad SMARTS) is 1. The number of hydrogen-bond donors (Lipinski definition) is 1. The molecule has 1 aliphatic rings. The minimum Gasteiger partial charge on any atom is -0.478 e. The molecule has 1 saturated heterocycles. The Morgan fingerprint density at radius 3 is 2.08 bits per heavy atom. The zero-order chi connectivity index (χ0) is 45.1. The van der Waals surface area contributed by atoms with Crippen LogP contribution < -0.4 is 4.90 Å². The van der Waals surface area contributed by atoms with E-state index in [1.165, 1.54) is 16.8 Å². The second-order valence-electron chi connectivity index (χ2n) is 18.2. The van der Waals surface area contributed by atoms with Crippen molar-refractivity contribution in [2.75, 3.05) is 31.1 Å². The quantitative estimate of drug-likeness (QED) is 0.131. The number of anilines is 1. The monoisotopic (exact) mass is 869 g/mol. The third-order valence-electron chi connectivity index (χ3n) is 12.4. The first-order valence-electron chi connectivity index (χ1n) is 22.1.